The minimum absolute atomic E-state index is 0.0350. The molecule has 0 bridgehead atoms. The van der Waals surface area contributed by atoms with Crippen LogP contribution >= 0.6 is 0 Å². The van der Waals surface area contributed by atoms with Gasteiger partial charge in [0.2, 0.25) is 0 Å². The average molecular weight is 463 g/mol. The molecule has 2 aromatic carbocycles. The van der Waals surface area contributed by atoms with Crippen LogP contribution in [0.1, 0.15) is 41.0 Å². The summed E-state index contributed by atoms with van der Waals surface area (Å²) in [6.07, 6.45) is 0.816. The van der Waals surface area contributed by atoms with E-state index < -0.39 is 11.5 Å². The molecule has 0 atom stereocenters. The summed E-state index contributed by atoms with van der Waals surface area (Å²) in [6.45, 7) is 8.33. The summed E-state index contributed by atoms with van der Waals surface area (Å²) in [7, 11) is 0. The minimum Gasteiger partial charge on any atom is -0.380 e. The van der Waals surface area contributed by atoms with Gasteiger partial charge < -0.3 is 24.8 Å². The molecule has 0 aliphatic carbocycles. The Bertz CT molecular complexity index is 1220. The number of pyridine rings is 1. The lowest BCUT2D eigenvalue weighted by Gasteiger charge is -2.21. The van der Waals surface area contributed by atoms with Gasteiger partial charge in [0.15, 0.2) is 0 Å². The van der Waals surface area contributed by atoms with Crippen LogP contribution < -0.4 is 15.8 Å². The van der Waals surface area contributed by atoms with Gasteiger partial charge in [-0.15, -0.1) is 0 Å². The Morgan fingerprint density at radius 2 is 1.79 bits per heavy atom. The molecule has 2 heterocycles. The second-order valence-corrected chi connectivity index (χ2v) is 8.25. The fourth-order valence-electron chi connectivity index (χ4n) is 4.17. The lowest BCUT2D eigenvalue weighted by Crippen LogP contribution is -2.33. The molecular weight excluding hydrogens is 432 g/mol. The van der Waals surface area contributed by atoms with Crippen molar-refractivity contribution in [2.24, 2.45) is 0 Å². The third-order valence-corrected chi connectivity index (χ3v) is 6.10. The van der Waals surface area contributed by atoms with Crippen LogP contribution in [-0.2, 0) is 4.74 Å². The standard InChI is InChI=1S/C26H30N4O4/c1-3-29(4-2)21-11-8-19-16-22(25(32)28-23(19)17-21)24(31)27-20-9-6-18(7-10-20)26(33)30-12-5-14-34-15-13-30/h6-11,16-17H,3-5,12-15H2,1-2H3,(H,27,31)(H,28,32). The molecule has 0 radical (unpaired) electrons. The molecule has 3 aromatic rings. The van der Waals surface area contributed by atoms with Crippen LogP contribution in [0.5, 0.6) is 0 Å². The van der Waals surface area contributed by atoms with Crippen LogP contribution in [0.4, 0.5) is 11.4 Å². The molecule has 1 fully saturated rings. The lowest BCUT2D eigenvalue weighted by molar-refractivity contribution is 0.0741. The normalized spacial score (nSPS) is 14.0. The first-order valence-corrected chi connectivity index (χ1v) is 11.7. The Balaban J connectivity index is 1.49. The molecule has 1 saturated heterocycles. The number of aromatic nitrogens is 1. The molecule has 1 aliphatic heterocycles. The van der Waals surface area contributed by atoms with Crippen molar-refractivity contribution < 1.29 is 14.3 Å². The number of carbonyl (C=O) groups is 2. The second-order valence-electron chi connectivity index (χ2n) is 8.25. The number of hydrogen-bond acceptors (Lipinski definition) is 5. The molecule has 1 aromatic heterocycles. The highest BCUT2D eigenvalue weighted by Crippen LogP contribution is 2.21. The monoisotopic (exact) mass is 462 g/mol. The first-order chi connectivity index (χ1) is 16.5. The van der Waals surface area contributed by atoms with E-state index in [1.807, 2.05) is 18.2 Å². The number of fused-ring (bicyclic) bond motifs is 1. The molecule has 0 unspecified atom stereocenters. The number of ether oxygens (including phenoxy) is 1. The lowest BCUT2D eigenvalue weighted by atomic mass is 10.1. The Morgan fingerprint density at radius 3 is 2.53 bits per heavy atom. The highest BCUT2D eigenvalue weighted by Gasteiger charge is 2.18. The number of benzene rings is 2. The zero-order valence-electron chi connectivity index (χ0n) is 19.6. The summed E-state index contributed by atoms with van der Waals surface area (Å²) >= 11 is 0. The largest absolute Gasteiger partial charge is 0.380 e. The molecule has 8 nitrogen and oxygen atoms in total. The molecule has 2 N–H and O–H groups in total. The smallest absolute Gasteiger partial charge is 0.261 e. The van der Waals surface area contributed by atoms with Crippen molar-refractivity contribution in [3.63, 3.8) is 0 Å². The van der Waals surface area contributed by atoms with Gasteiger partial charge in [0, 0.05) is 49.7 Å². The third kappa shape index (κ3) is 5.12. The van der Waals surface area contributed by atoms with E-state index in [-0.39, 0.29) is 11.5 Å². The Hall–Kier alpha value is -3.65. The van der Waals surface area contributed by atoms with Crippen molar-refractivity contribution >= 4 is 34.1 Å². The number of aromatic amines is 1. The van der Waals surface area contributed by atoms with Crippen LogP contribution in [0.3, 0.4) is 0 Å². The fourth-order valence-corrected chi connectivity index (χ4v) is 4.17. The van der Waals surface area contributed by atoms with Crippen molar-refractivity contribution in [3.8, 4) is 0 Å². The van der Waals surface area contributed by atoms with E-state index in [2.05, 4.69) is 29.0 Å². The second kappa shape index (κ2) is 10.5. The zero-order valence-corrected chi connectivity index (χ0v) is 19.6. The minimum atomic E-state index is -0.500. The first kappa shape index (κ1) is 23.5. The Kier molecular flexibility index (Phi) is 7.27. The molecule has 0 saturated carbocycles. The molecule has 2 amide bonds. The molecule has 178 valence electrons. The van der Waals surface area contributed by atoms with Crippen LogP contribution in [-0.4, -0.2) is 61.1 Å². The maximum absolute atomic E-state index is 12.8. The predicted molar refractivity (Wildman–Crippen MR) is 134 cm³/mol. The summed E-state index contributed by atoms with van der Waals surface area (Å²) in [5.41, 5.74) is 2.36. The van der Waals surface area contributed by atoms with E-state index in [9.17, 15) is 14.4 Å². The van der Waals surface area contributed by atoms with Crippen LogP contribution in [0, 0.1) is 0 Å². The number of carbonyl (C=O) groups excluding carboxylic acids is 2. The molecule has 0 spiro atoms. The number of hydrogen-bond donors (Lipinski definition) is 2. The molecular formula is C26H30N4O4. The van der Waals surface area contributed by atoms with Gasteiger partial charge in [0.25, 0.3) is 17.4 Å². The van der Waals surface area contributed by atoms with Crippen molar-refractivity contribution in [2.45, 2.75) is 20.3 Å². The molecule has 34 heavy (non-hydrogen) atoms. The van der Waals surface area contributed by atoms with Crippen molar-refractivity contribution in [2.75, 3.05) is 49.6 Å². The van der Waals surface area contributed by atoms with Gasteiger partial charge in [-0.2, -0.15) is 0 Å². The number of nitrogens with one attached hydrogen (secondary N) is 2. The summed E-state index contributed by atoms with van der Waals surface area (Å²) in [5, 5.41) is 3.54. The summed E-state index contributed by atoms with van der Waals surface area (Å²) < 4.78 is 5.41. The van der Waals surface area contributed by atoms with E-state index in [1.165, 1.54) is 0 Å². The maximum atomic E-state index is 12.8. The van der Waals surface area contributed by atoms with Gasteiger partial charge in [-0.3, -0.25) is 14.4 Å². The van der Waals surface area contributed by atoms with Crippen LogP contribution in [0.25, 0.3) is 10.9 Å². The van der Waals surface area contributed by atoms with Gasteiger partial charge in [0.1, 0.15) is 5.56 Å². The summed E-state index contributed by atoms with van der Waals surface area (Å²) in [6, 6.07) is 14.1. The molecule has 1 aliphatic rings. The number of H-pyrrole nitrogens is 1. The average Bonchev–Trinajstić information content (AvgIpc) is 3.14. The van der Waals surface area contributed by atoms with E-state index in [1.54, 1.807) is 35.2 Å². The number of rotatable bonds is 6. The van der Waals surface area contributed by atoms with Gasteiger partial charge >= 0.3 is 0 Å². The Labute approximate surface area is 198 Å². The van der Waals surface area contributed by atoms with E-state index in [0.29, 0.717) is 43.1 Å². The van der Waals surface area contributed by atoms with Crippen molar-refractivity contribution in [1.82, 2.24) is 9.88 Å². The zero-order chi connectivity index (χ0) is 24.1. The van der Waals surface area contributed by atoms with E-state index >= 15 is 0 Å². The van der Waals surface area contributed by atoms with Gasteiger partial charge in [-0.1, -0.05) is 6.07 Å². The summed E-state index contributed by atoms with van der Waals surface area (Å²) in [4.78, 5) is 45.0. The summed E-state index contributed by atoms with van der Waals surface area (Å²) in [5.74, 6) is -0.557. The number of amides is 2. The topological polar surface area (TPSA) is 94.7 Å². The maximum Gasteiger partial charge on any atom is 0.261 e. The highest BCUT2D eigenvalue weighted by atomic mass is 16.5. The van der Waals surface area contributed by atoms with Gasteiger partial charge in [0.05, 0.1) is 12.1 Å². The highest BCUT2D eigenvalue weighted by molar-refractivity contribution is 6.06. The molecule has 8 heteroatoms. The Morgan fingerprint density at radius 1 is 1.03 bits per heavy atom. The van der Waals surface area contributed by atoms with Gasteiger partial charge in [-0.25, -0.2) is 0 Å². The van der Waals surface area contributed by atoms with Gasteiger partial charge in [-0.05, 0) is 68.1 Å². The SMILES string of the molecule is CCN(CC)c1ccc2cc(C(=O)Nc3ccc(C(=O)N4CCCOCC4)cc3)c(=O)[nH]c2c1. The first-order valence-electron chi connectivity index (χ1n) is 11.7. The quantitative estimate of drug-likeness (QED) is 0.585. The predicted octanol–water partition coefficient (Wildman–Crippen LogP) is 3.49. The third-order valence-electron chi connectivity index (χ3n) is 6.10. The molecule has 4 rings (SSSR count). The van der Waals surface area contributed by atoms with Crippen molar-refractivity contribution in [1.29, 1.82) is 0 Å². The van der Waals surface area contributed by atoms with Crippen molar-refractivity contribution in [3.05, 3.63) is 70.0 Å². The van der Waals surface area contributed by atoms with E-state index in [0.717, 1.165) is 30.6 Å². The van der Waals surface area contributed by atoms with Crippen LogP contribution in [0.2, 0.25) is 0 Å². The number of anilines is 2. The fraction of sp³-hybridized carbons (Fsp3) is 0.346. The van der Waals surface area contributed by atoms with Crippen LogP contribution in [0.15, 0.2) is 53.3 Å². The number of nitrogens with zero attached hydrogens (tertiary/aromatic N) is 2. The van der Waals surface area contributed by atoms with E-state index in [4.69, 9.17) is 4.74 Å².